The van der Waals surface area contributed by atoms with Gasteiger partial charge in [-0.2, -0.15) is 0 Å². The van der Waals surface area contributed by atoms with E-state index in [1.165, 1.54) is 6.07 Å². The summed E-state index contributed by atoms with van der Waals surface area (Å²) in [5.74, 6) is -0.808. The number of nitrogens with zero attached hydrogens (tertiary/aromatic N) is 2. The molecule has 1 aromatic rings. The Morgan fingerprint density at radius 1 is 1.52 bits per heavy atom. The first-order chi connectivity index (χ1) is 9.92. The number of aryl methyl sites for hydroxylation is 1. The zero-order valence-electron chi connectivity index (χ0n) is 12.3. The Labute approximate surface area is 123 Å². The van der Waals surface area contributed by atoms with E-state index in [4.69, 9.17) is 0 Å². The molecule has 1 fully saturated rings. The summed E-state index contributed by atoms with van der Waals surface area (Å²) in [6, 6.07) is 4.84. The summed E-state index contributed by atoms with van der Waals surface area (Å²) in [5, 5.41) is 20.6. The standard InChI is InChI=1S/C15H20N2O4/c1-3-7-15(14(18)19)8-4-9-16(15)12-5-6-13(17(20)21)11(2)10-12/h5-6,10H,3-4,7-9H2,1-2H3,(H,18,19). The van der Waals surface area contributed by atoms with Gasteiger partial charge in [-0.15, -0.1) is 0 Å². The highest BCUT2D eigenvalue weighted by Crippen LogP contribution is 2.39. The highest BCUT2D eigenvalue weighted by molar-refractivity contribution is 5.84. The van der Waals surface area contributed by atoms with Crippen LogP contribution in [0.15, 0.2) is 18.2 Å². The van der Waals surface area contributed by atoms with Crippen LogP contribution in [0.3, 0.4) is 0 Å². The molecule has 1 saturated heterocycles. The molecule has 114 valence electrons. The van der Waals surface area contributed by atoms with Crippen molar-refractivity contribution in [2.45, 2.75) is 45.1 Å². The topological polar surface area (TPSA) is 83.7 Å². The van der Waals surface area contributed by atoms with E-state index in [0.717, 1.165) is 18.5 Å². The maximum absolute atomic E-state index is 11.8. The number of rotatable bonds is 5. The molecule has 1 heterocycles. The fraction of sp³-hybridized carbons (Fsp3) is 0.533. The van der Waals surface area contributed by atoms with Crippen molar-refractivity contribution in [3.05, 3.63) is 33.9 Å². The summed E-state index contributed by atoms with van der Waals surface area (Å²) >= 11 is 0. The molecule has 6 heteroatoms. The summed E-state index contributed by atoms with van der Waals surface area (Å²) in [5.41, 5.74) is 0.498. The van der Waals surface area contributed by atoms with Gasteiger partial charge in [0.2, 0.25) is 0 Å². The smallest absolute Gasteiger partial charge is 0.329 e. The Morgan fingerprint density at radius 2 is 2.24 bits per heavy atom. The number of hydrogen-bond donors (Lipinski definition) is 1. The van der Waals surface area contributed by atoms with Crippen molar-refractivity contribution in [1.29, 1.82) is 0 Å². The molecular weight excluding hydrogens is 272 g/mol. The molecule has 0 spiro atoms. The Balaban J connectivity index is 2.42. The van der Waals surface area contributed by atoms with E-state index >= 15 is 0 Å². The second kappa shape index (κ2) is 5.71. The van der Waals surface area contributed by atoms with E-state index in [2.05, 4.69) is 0 Å². The van der Waals surface area contributed by atoms with E-state index in [1.807, 2.05) is 11.8 Å². The number of carboxylic acid groups (broad SMARTS) is 1. The molecule has 1 atom stereocenters. The second-order valence-electron chi connectivity index (χ2n) is 5.57. The number of hydrogen-bond acceptors (Lipinski definition) is 4. The summed E-state index contributed by atoms with van der Waals surface area (Å²) in [4.78, 5) is 24.2. The normalized spacial score (nSPS) is 21.5. The SMILES string of the molecule is CCCC1(C(=O)O)CCCN1c1ccc([N+](=O)[O-])c(C)c1. The number of nitro groups is 1. The Bertz CT molecular complexity index is 573. The summed E-state index contributed by atoms with van der Waals surface area (Å²) in [6.07, 6.45) is 2.81. The van der Waals surface area contributed by atoms with Gasteiger partial charge in [-0.1, -0.05) is 13.3 Å². The molecule has 0 saturated carbocycles. The van der Waals surface area contributed by atoms with Crippen LogP contribution in [0.2, 0.25) is 0 Å². The van der Waals surface area contributed by atoms with E-state index < -0.39 is 16.4 Å². The van der Waals surface area contributed by atoms with Crippen LogP contribution in [-0.4, -0.2) is 28.1 Å². The lowest BCUT2D eigenvalue weighted by molar-refractivity contribution is -0.385. The zero-order valence-corrected chi connectivity index (χ0v) is 12.3. The number of carbonyl (C=O) groups is 1. The highest BCUT2D eigenvalue weighted by atomic mass is 16.6. The molecule has 6 nitrogen and oxygen atoms in total. The summed E-state index contributed by atoms with van der Waals surface area (Å²) in [6.45, 7) is 4.33. The number of anilines is 1. The molecule has 0 bridgehead atoms. The molecule has 0 aromatic heterocycles. The predicted molar refractivity (Wildman–Crippen MR) is 79.7 cm³/mol. The Morgan fingerprint density at radius 3 is 2.76 bits per heavy atom. The van der Waals surface area contributed by atoms with Crippen LogP contribution in [-0.2, 0) is 4.79 Å². The lowest BCUT2D eigenvalue weighted by Gasteiger charge is -2.36. The van der Waals surface area contributed by atoms with Crippen molar-refractivity contribution in [2.75, 3.05) is 11.4 Å². The fourth-order valence-electron chi connectivity index (χ4n) is 3.27. The van der Waals surface area contributed by atoms with Gasteiger partial charge >= 0.3 is 5.97 Å². The van der Waals surface area contributed by atoms with Gasteiger partial charge in [-0.25, -0.2) is 4.79 Å². The van der Waals surface area contributed by atoms with E-state index in [1.54, 1.807) is 19.1 Å². The molecule has 2 rings (SSSR count). The predicted octanol–water partition coefficient (Wildman–Crippen LogP) is 3.13. The van der Waals surface area contributed by atoms with Crippen molar-refractivity contribution in [2.24, 2.45) is 0 Å². The molecule has 1 unspecified atom stereocenters. The monoisotopic (exact) mass is 292 g/mol. The third-order valence-corrected chi connectivity index (χ3v) is 4.24. The number of carboxylic acids is 1. The molecular formula is C15H20N2O4. The largest absolute Gasteiger partial charge is 0.479 e. The van der Waals surface area contributed by atoms with E-state index in [9.17, 15) is 20.0 Å². The van der Waals surface area contributed by atoms with Crippen molar-refractivity contribution < 1.29 is 14.8 Å². The van der Waals surface area contributed by atoms with E-state index in [-0.39, 0.29) is 5.69 Å². The molecule has 1 aliphatic rings. The van der Waals surface area contributed by atoms with Gasteiger partial charge in [0.25, 0.3) is 5.69 Å². The summed E-state index contributed by atoms with van der Waals surface area (Å²) < 4.78 is 0. The zero-order chi connectivity index (χ0) is 15.6. The highest BCUT2D eigenvalue weighted by Gasteiger charge is 2.47. The van der Waals surface area contributed by atoms with Crippen LogP contribution in [0.4, 0.5) is 11.4 Å². The second-order valence-corrected chi connectivity index (χ2v) is 5.57. The van der Waals surface area contributed by atoms with Gasteiger partial charge in [-0.3, -0.25) is 10.1 Å². The maximum Gasteiger partial charge on any atom is 0.329 e. The van der Waals surface area contributed by atoms with Gasteiger partial charge in [0, 0.05) is 23.9 Å². The Kier molecular flexibility index (Phi) is 4.16. The van der Waals surface area contributed by atoms with Crippen LogP contribution in [0, 0.1) is 17.0 Å². The fourth-order valence-corrected chi connectivity index (χ4v) is 3.27. The molecule has 21 heavy (non-hydrogen) atoms. The van der Waals surface area contributed by atoms with Crippen molar-refractivity contribution >= 4 is 17.3 Å². The number of aliphatic carboxylic acids is 1. The summed E-state index contributed by atoms with van der Waals surface area (Å²) in [7, 11) is 0. The minimum Gasteiger partial charge on any atom is -0.479 e. The first-order valence-electron chi connectivity index (χ1n) is 7.18. The Hall–Kier alpha value is -2.11. The first kappa shape index (κ1) is 15.3. The lowest BCUT2D eigenvalue weighted by Crippen LogP contribution is -2.50. The average Bonchev–Trinajstić information content (AvgIpc) is 2.83. The number of benzene rings is 1. The van der Waals surface area contributed by atoms with Crippen LogP contribution in [0.25, 0.3) is 0 Å². The van der Waals surface area contributed by atoms with Gasteiger partial charge in [0.05, 0.1) is 4.92 Å². The van der Waals surface area contributed by atoms with Crippen molar-refractivity contribution in [1.82, 2.24) is 0 Å². The van der Waals surface area contributed by atoms with Crippen LogP contribution in [0.1, 0.15) is 38.2 Å². The number of nitro benzene ring substituents is 1. The first-order valence-corrected chi connectivity index (χ1v) is 7.18. The van der Waals surface area contributed by atoms with E-state index in [0.29, 0.717) is 24.9 Å². The molecule has 0 aliphatic carbocycles. The van der Waals surface area contributed by atoms with Crippen molar-refractivity contribution in [3.63, 3.8) is 0 Å². The quantitative estimate of drug-likeness (QED) is 0.666. The third-order valence-electron chi connectivity index (χ3n) is 4.24. The molecule has 0 radical (unpaired) electrons. The molecule has 1 N–H and O–H groups in total. The van der Waals surface area contributed by atoms with Crippen LogP contribution >= 0.6 is 0 Å². The third kappa shape index (κ3) is 2.57. The maximum atomic E-state index is 11.8. The van der Waals surface area contributed by atoms with Gasteiger partial charge in [0.15, 0.2) is 0 Å². The van der Waals surface area contributed by atoms with Gasteiger partial charge in [-0.05, 0) is 38.3 Å². The lowest BCUT2D eigenvalue weighted by atomic mass is 9.90. The van der Waals surface area contributed by atoms with Crippen LogP contribution < -0.4 is 4.90 Å². The van der Waals surface area contributed by atoms with Gasteiger partial charge < -0.3 is 10.0 Å². The minimum absolute atomic E-state index is 0.0642. The van der Waals surface area contributed by atoms with Gasteiger partial charge in [0.1, 0.15) is 5.54 Å². The molecule has 1 aromatic carbocycles. The van der Waals surface area contributed by atoms with Crippen LogP contribution in [0.5, 0.6) is 0 Å². The minimum atomic E-state index is -0.878. The molecule has 0 amide bonds. The van der Waals surface area contributed by atoms with Crippen molar-refractivity contribution in [3.8, 4) is 0 Å². The average molecular weight is 292 g/mol. The molecule has 1 aliphatic heterocycles.